The molecule has 0 saturated heterocycles. The summed E-state index contributed by atoms with van der Waals surface area (Å²) >= 11 is 0. The van der Waals surface area contributed by atoms with Gasteiger partial charge in [0.25, 0.3) is 0 Å². The average molecular weight is 497 g/mol. The number of hydrogen-bond acceptors (Lipinski definition) is 6. The summed E-state index contributed by atoms with van der Waals surface area (Å²) in [6, 6.07) is 0. The second-order valence-corrected chi connectivity index (χ2v) is 11.2. The van der Waals surface area contributed by atoms with E-state index >= 15 is 0 Å². The van der Waals surface area contributed by atoms with Gasteiger partial charge in [-0.2, -0.15) is 0 Å². The third-order valence-corrected chi connectivity index (χ3v) is 6.19. The molecule has 0 bridgehead atoms. The zero-order valence-corrected chi connectivity index (χ0v) is 22.8. The Kier molecular flexibility index (Phi) is 19.5. The molecule has 0 amide bonds. The van der Waals surface area contributed by atoms with E-state index in [2.05, 4.69) is 13.8 Å². The topological polar surface area (TPSA) is 91.3 Å². The first-order chi connectivity index (χ1) is 15.6. The zero-order chi connectivity index (χ0) is 25.0. The maximum atomic E-state index is 12.2. The van der Waals surface area contributed by atoms with Crippen molar-refractivity contribution in [2.75, 3.05) is 54.1 Å². The van der Waals surface area contributed by atoms with Crippen molar-refractivity contribution >= 4 is 13.8 Å². The number of nitrogens with zero attached hydrogens (tertiary/aromatic N) is 1. The normalized spacial score (nSPS) is 14.7. The van der Waals surface area contributed by atoms with Crippen molar-refractivity contribution in [1.82, 2.24) is 0 Å². The van der Waals surface area contributed by atoms with Gasteiger partial charge >= 0.3 is 13.8 Å². The summed E-state index contributed by atoms with van der Waals surface area (Å²) < 4.78 is 34.2. The molecule has 0 radical (unpaired) electrons. The number of phosphoric acid groups is 1. The second kappa shape index (κ2) is 19.8. The minimum absolute atomic E-state index is 0.00249. The fraction of sp³-hybridized carbons (Fsp3) is 0.958. The van der Waals surface area contributed by atoms with Gasteiger partial charge in [0, 0.05) is 13.0 Å². The van der Waals surface area contributed by atoms with E-state index in [9.17, 15) is 14.3 Å². The molecule has 2 atom stereocenters. The highest BCUT2D eigenvalue weighted by molar-refractivity contribution is 7.47. The van der Waals surface area contributed by atoms with Gasteiger partial charge in [-0.25, -0.2) is 4.57 Å². The maximum absolute atomic E-state index is 12.2. The number of esters is 1. The van der Waals surface area contributed by atoms with Gasteiger partial charge < -0.3 is 18.9 Å². The molecular weight excluding hydrogens is 445 g/mol. The van der Waals surface area contributed by atoms with Crippen LogP contribution >= 0.6 is 7.82 Å². The largest absolute Gasteiger partial charge is 0.472 e. The first-order valence-corrected chi connectivity index (χ1v) is 14.3. The van der Waals surface area contributed by atoms with Gasteiger partial charge in [-0.1, -0.05) is 71.6 Å². The number of phosphoric ester groups is 1. The van der Waals surface area contributed by atoms with Crippen LogP contribution in [0.1, 0.15) is 90.9 Å². The Hall–Kier alpha value is -0.500. The highest BCUT2D eigenvalue weighted by Gasteiger charge is 2.25. The van der Waals surface area contributed by atoms with Crippen molar-refractivity contribution in [1.29, 1.82) is 0 Å². The summed E-state index contributed by atoms with van der Waals surface area (Å²) in [5.41, 5.74) is 0. The van der Waals surface area contributed by atoms with E-state index in [4.69, 9.17) is 18.5 Å². The molecule has 198 valence electrons. The third kappa shape index (κ3) is 23.0. The van der Waals surface area contributed by atoms with Crippen LogP contribution in [0.5, 0.6) is 0 Å². The molecule has 0 spiro atoms. The number of rotatable bonds is 23. The molecule has 0 fully saturated rings. The fourth-order valence-corrected chi connectivity index (χ4v) is 3.79. The molecule has 0 aliphatic carbocycles. The van der Waals surface area contributed by atoms with Crippen LogP contribution in [0, 0.1) is 0 Å². The van der Waals surface area contributed by atoms with Crippen molar-refractivity contribution in [3.8, 4) is 0 Å². The lowest BCUT2D eigenvalue weighted by Gasteiger charge is -2.24. The van der Waals surface area contributed by atoms with Crippen LogP contribution in [0.4, 0.5) is 0 Å². The maximum Gasteiger partial charge on any atom is 0.472 e. The number of likely N-dealkylation sites (N-methyl/N-ethyl adjacent to an activating group) is 1. The van der Waals surface area contributed by atoms with E-state index in [1.165, 1.54) is 25.7 Å². The van der Waals surface area contributed by atoms with Crippen LogP contribution in [0.2, 0.25) is 0 Å². The molecule has 0 rings (SSSR count). The molecule has 2 unspecified atom stereocenters. The summed E-state index contributed by atoms with van der Waals surface area (Å²) in [4.78, 5) is 22.0. The summed E-state index contributed by atoms with van der Waals surface area (Å²) in [5.74, 6) is -0.272. The minimum atomic E-state index is -4.20. The van der Waals surface area contributed by atoms with Crippen molar-refractivity contribution in [3.05, 3.63) is 0 Å². The number of hydrogen-bond donors (Lipinski definition) is 1. The Morgan fingerprint density at radius 3 is 2.00 bits per heavy atom. The van der Waals surface area contributed by atoms with Crippen molar-refractivity contribution in [2.24, 2.45) is 0 Å². The van der Waals surface area contributed by atoms with Gasteiger partial charge in [0.15, 0.2) is 0 Å². The number of quaternary nitrogens is 1. The van der Waals surface area contributed by atoms with E-state index in [1.807, 2.05) is 21.1 Å². The number of unbranched alkanes of at least 4 members (excludes halogenated alkanes) is 9. The van der Waals surface area contributed by atoms with Crippen molar-refractivity contribution in [2.45, 2.75) is 97.0 Å². The molecule has 0 heterocycles. The van der Waals surface area contributed by atoms with Crippen LogP contribution in [0.3, 0.4) is 0 Å². The standard InChI is InChI=1S/C24H50NO7P/c1-6-8-10-12-14-16-19-29-23(21-30-24(26)17-15-13-11-9-7-2)22-32-33(27,28)31-20-18-25(3,4)5/h23H,6-22H2,1-5H3/p+1. The fourth-order valence-electron chi connectivity index (χ4n) is 3.05. The van der Waals surface area contributed by atoms with Crippen LogP contribution in [-0.4, -0.2) is 75.6 Å². The molecule has 0 aliphatic heterocycles. The Bertz CT molecular complexity index is 525. The number of ether oxygens (including phenoxy) is 2. The van der Waals surface area contributed by atoms with E-state index in [-0.39, 0.29) is 25.8 Å². The molecule has 0 aliphatic rings. The van der Waals surface area contributed by atoms with Gasteiger partial charge in [-0.05, 0) is 12.8 Å². The van der Waals surface area contributed by atoms with Gasteiger partial charge in [-0.15, -0.1) is 0 Å². The summed E-state index contributed by atoms with van der Waals surface area (Å²) in [5, 5.41) is 0. The van der Waals surface area contributed by atoms with Crippen LogP contribution in [-0.2, 0) is 27.9 Å². The molecule has 8 nitrogen and oxygen atoms in total. The Morgan fingerprint density at radius 1 is 0.818 bits per heavy atom. The van der Waals surface area contributed by atoms with Crippen molar-refractivity contribution < 1.29 is 37.3 Å². The second-order valence-electron chi connectivity index (χ2n) is 9.72. The van der Waals surface area contributed by atoms with Gasteiger partial charge in [0.1, 0.15) is 25.9 Å². The monoisotopic (exact) mass is 496 g/mol. The minimum Gasteiger partial charge on any atom is -0.463 e. The predicted molar refractivity (Wildman–Crippen MR) is 132 cm³/mol. The smallest absolute Gasteiger partial charge is 0.463 e. The highest BCUT2D eigenvalue weighted by Crippen LogP contribution is 2.43. The molecule has 0 aromatic carbocycles. The zero-order valence-electron chi connectivity index (χ0n) is 21.9. The SMILES string of the molecule is CCCCCCCCOC(COC(=O)CCCCCCC)COP(=O)(O)OCC[N+](C)(C)C. The number of carbonyl (C=O) groups excluding carboxylic acids is 1. The Labute approximate surface area is 202 Å². The van der Waals surface area contributed by atoms with E-state index in [1.54, 1.807) is 0 Å². The molecule has 0 aromatic heterocycles. The van der Waals surface area contributed by atoms with Crippen LogP contribution in [0.15, 0.2) is 0 Å². The molecule has 0 aromatic rings. The quantitative estimate of drug-likeness (QED) is 0.0867. The number of carbonyl (C=O) groups is 1. The third-order valence-electron chi connectivity index (χ3n) is 5.21. The average Bonchev–Trinajstić information content (AvgIpc) is 2.73. The van der Waals surface area contributed by atoms with E-state index in [0.29, 0.717) is 24.1 Å². The predicted octanol–water partition coefficient (Wildman–Crippen LogP) is 5.48. The first-order valence-electron chi connectivity index (χ1n) is 12.8. The van der Waals surface area contributed by atoms with Crippen molar-refractivity contribution in [3.63, 3.8) is 0 Å². The molecular formula is C24H51NO7P+. The Morgan fingerprint density at radius 2 is 1.39 bits per heavy atom. The van der Waals surface area contributed by atoms with E-state index in [0.717, 1.165) is 44.9 Å². The van der Waals surface area contributed by atoms with Gasteiger partial charge in [-0.3, -0.25) is 13.8 Å². The van der Waals surface area contributed by atoms with Gasteiger partial charge in [0.2, 0.25) is 0 Å². The Balaban J connectivity index is 4.43. The molecule has 1 N–H and O–H groups in total. The van der Waals surface area contributed by atoms with Gasteiger partial charge in [0.05, 0.1) is 27.7 Å². The lowest BCUT2D eigenvalue weighted by molar-refractivity contribution is -0.870. The summed E-state index contributed by atoms with van der Waals surface area (Å²) in [7, 11) is 1.71. The lowest BCUT2D eigenvalue weighted by atomic mass is 10.1. The lowest BCUT2D eigenvalue weighted by Crippen LogP contribution is -2.37. The summed E-state index contributed by atoms with van der Waals surface area (Å²) in [6.07, 6.45) is 11.9. The van der Waals surface area contributed by atoms with E-state index < -0.39 is 13.9 Å². The van der Waals surface area contributed by atoms with Crippen LogP contribution < -0.4 is 0 Å². The highest BCUT2D eigenvalue weighted by atomic mass is 31.2. The molecule has 33 heavy (non-hydrogen) atoms. The summed E-state index contributed by atoms with van der Waals surface area (Å²) in [6.45, 7) is 5.34. The molecule has 0 saturated carbocycles. The van der Waals surface area contributed by atoms with Crippen LogP contribution in [0.25, 0.3) is 0 Å². The molecule has 9 heteroatoms. The first kappa shape index (κ1) is 32.5.